The maximum atomic E-state index is 12.6. The first-order chi connectivity index (χ1) is 9.96. The Morgan fingerprint density at radius 1 is 1.10 bits per heavy atom. The molecule has 2 aliphatic rings. The van der Waals surface area contributed by atoms with Crippen molar-refractivity contribution in [3.63, 3.8) is 0 Å². The van der Waals surface area contributed by atoms with E-state index in [2.05, 4.69) is 9.97 Å². The van der Waals surface area contributed by atoms with Gasteiger partial charge in [-0.2, -0.15) is 0 Å². The zero-order valence-electron chi connectivity index (χ0n) is 12.7. The van der Waals surface area contributed by atoms with E-state index >= 15 is 0 Å². The van der Waals surface area contributed by atoms with E-state index in [1.165, 1.54) is 0 Å². The Labute approximate surface area is 126 Å². The van der Waals surface area contributed by atoms with Crippen LogP contribution in [0, 0.1) is 13.8 Å². The maximum absolute atomic E-state index is 12.6. The molecule has 5 nitrogen and oxygen atoms in total. The second kappa shape index (κ2) is 5.65. The van der Waals surface area contributed by atoms with E-state index in [1.54, 1.807) is 4.31 Å². The smallest absolute Gasteiger partial charge is 0.217 e. The lowest BCUT2D eigenvalue weighted by molar-refractivity contribution is 0.459. The highest BCUT2D eigenvalue weighted by atomic mass is 32.2. The Hall–Kier alpha value is -1.01. The van der Waals surface area contributed by atoms with E-state index in [4.69, 9.17) is 0 Å². The van der Waals surface area contributed by atoms with E-state index in [0.29, 0.717) is 13.1 Å². The number of sulfonamides is 1. The second-order valence-electron chi connectivity index (χ2n) is 6.30. The number of rotatable bonds is 3. The Balaban J connectivity index is 1.76. The lowest BCUT2D eigenvalue weighted by Gasteiger charge is -2.20. The monoisotopic (exact) mass is 309 g/mol. The van der Waals surface area contributed by atoms with Crippen LogP contribution >= 0.6 is 0 Å². The molecule has 0 amide bonds. The molecule has 1 aromatic rings. The summed E-state index contributed by atoms with van der Waals surface area (Å²) in [5, 5.41) is -0.156. The molecule has 1 aliphatic carbocycles. The Kier molecular flexibility index (Phi) is 4.01. The highest BCUT2D eigenvalue weighted by molar-refractivity contribution is 7.89. The van der Waals surface area contributed by atoms with Crippen molar-refractivity contribution in [3.05, 3.63) is 23.3 Å². The molecule has 1 saturated heterocycles. The van der Waals surface area contributed by atoms with Gasteiger partial charge in [0.15, 0.2) is 0 Å². The van der Waals surface area contributed by atoms with Gasteiger partial charge in [-0.1, -0.05) is 12.8 Å². The molecular weight excluding hydrogens is 286 g/mol. The van der Waals surface area contributed by atoms with Crippen LogP contribution in [0.25, 0.3) is 0 Å². The summed E-state index contributed by atoms with van der Waals surface area (Å²) in [6, 6.07) is 1.95. The summed E-state index contributed by atoms with van der Waals surface area (Å²) in [5.41, 5.74) is 1.91. The molecule has 1 unspecified atom stereocenters. The minimum Gasteiger partial charge on any atom is -0.238 e. The number of aryl methyl sites for hydroxylation is 2. The topological polar surface area (TPSA) is 63.2 Å². The van der Waals surface area contributed by atoms with Crippen molar-refractivity contribution in [2.45, 2.75) is 57.1 Å². The minimum absolute atomic E-state index is 0.139. The van der Waals surface area contributed by atoms with Crippen molar-refractivity contribution in [1.29, 1.82) is 0 Å². The average Bonchev–Trinajstić information content (AvgIpc) is 3.10. The molecule has 0 N–H and O–H groups in total. The molecule has 0 spiro atoms. The summed E-state index contributed by atoms with van der Waals surface area (Å²) < 4.78 is 26.9. The van der Waals surface area contributed by atoms with Gasteiger partial charge in [0, 0.05) is 30.4 Å². The molecule has 2 fully saturated rings. The molecule has 21 heavy (non-hydrogen) atoms. The fourth-order valence-corrected chi connectivity index (χ4v) is 5.60. The Morgan fingerprint density at radius 2 is 1.71 bits per heavy atom. The first kappa shape index (κ1) is 14.9. The lowest BCUT2D eigenvalue weighted by Crippen LogP contribution is -2.36. The SMILES string of the molecule is Cc1cc(C)nc(C2CCN(S(=O)(=O)C3CCCC3)C2)n1. The molecule has 1 atom stereocenters. The minimum atomic E-state index is -3.12. The summed E-state index contributed by atoms with van der Waals surface area (Å²) in [4.78, 5) is 8.99. The zero-order chi connectivity index (χ0) is 15.0. The van der Waals surface area contributed by atoms with Gasteiger partial charge in [-0.25, -0.2) is 22.7 Å². The third-order valence-electron chi connectivity index (χ3n) is 4.60. The van der Waals surface area contributed by atoms with Crippen LogP contribution in [-0.4, -0.2) is 41.0 Å². The highest BCUT2D eigenvalue weighted by Crippen LogP contribution is 2.32. The van der Waals surface area contributed by atoms with Gasteiger partial charge in [0.2, 0.25) is 10.0 Å². The van der Waals surface area contributed by atoms with Gasteiger partial charge < -0.3 is 0 Å². The van der Waals surface area contributed by atoms with Gasteiger partial charge in [0.05, 0.1) is 5.25 Å². The predicted octanol–water partition coefficient (Wildman–Crippen LogP) is 2.16. The molecule has 0 radical (unpaired) electrons. The molecular formula is C15H23N3O2S. The first-order valence-electron chi connectivity index (χ1n) is 7.78. The molecule has 2 heterocycles. The van der Waals surface area contributed by atoms with Crippen molar-refractivity contribution in [3.8, 4) is 0 Å². The van der Waals surface area contributed by atoms with Crippen molar-refractivity contribution in [2.24, 2.45) is 0 Å². The average molecular weight is 309 g/mol. The lowest BCUT2D eigenvalue weighted by atomic mass is 10.1. The van der Waals surface area contributed by atoms with Crippen LogP contribution in [0.3, 0.4) is 0 Å². The Morgan fingerprint density at radius 3 is 2.33 bits per heavy atom. The summed E-state index contributed by atoms with van der Waals surface area (Å²) in [6.45, 7) is 5.07. The van der Waals surface area contributed by atoms with Gasteiger partial charge in [-0.3, -0.25) is 0 Å². The third kappa shape index (κ3) is 2.97. The van der Waals surface area contributed by atoms with E-state index < -0.39 is 10.0 Å². The number of aromatic nitrogens is 2. The molecule has 6 heteroatoms. The molecule has 1 aliphatic heterocycles. The molecule has 3 rings (SSSR count). The molecule has 0 bridgehead atoms. The van der Waals surface area contributed by atoms with Gasteiger partial charge >= 0.3 is 0 Å². The largest absolute Gasteiger partial charge is 0.238 e. The summed E-state index contributed by atoms with van der Waals surface area (Å²) in [6.07, 6.45) is 4.56. The maximum Gasteiger partial charge on any atom is 0.217 e. The van der Waals surface area contributed by atoms with Gasteiger partial charge in [-0.15, -0.1) is 0 Å². The van der Waals surface area contributed by atoms with Gasteiger partial charge in [-0.05, 0) is 39.2 Å². The fraction of sp³-hybridized carbons (Fsp3) is 0.733. The third-order valence-corrected chi connectivity index (χ3v) is 6.96. The summed E-state index contributed by atoms with van der Waals surface area (Å²) >= 11 is 0. The van der Waals surface area contributed by atoms with E-state index in [1.807, 2.05) is 19.9 Å². The van der Waals surface area contributed by atoms with Crippen LogP contribution in [0.2, 0.25) is 0 Å². The van der Waals surface area contributed by atoms with Crippen LogP contribution in [0.4, 0.5) is 0 Å². The predicted molar refractivity (Wildman–Crippen MR) is 81.6 cm³/mol. The van der Waals surface area contributed by atoms with Crippen LogP contribution in [-0.2, 0) is 10.0 Å². The van der Waals surface area contributed by atoms with E-state index in [9.17, 15) is 8.42 Å². The van der Waals surface area contributed by atoms with Crippen LogP contribution in [0.5, 0.6) is 0 Å². The quantitative estimate of drug-likeness (QED) is 0.858. The number of nitrogens with zero attached hydrogens (tertiary/aromatic N) is 3. The summed E-state index contributed by atoms with van der Waals surface area (Å²) in [7, 11) is -3.12. The standard InChI is InChI=1S/C15H23N3O2S/c1-11-9-12(2)17-15(16-11)13-7-8-18(10-13)21(19,20)14-5-3-4-6-14/h9,13-14H,3-8,10H2,1-2H3. The van der Waals surface area contributed by atoms with Crippen molar-refractivity contribution in [1.82, 2.24) is 14.3 Å². The molecule has 0 aromatic carbocycles. The van der Waals surface area contributed by atoms with Crippen LogP contribution in [0.1, 0.15) is 55.2 Å². The van der Waals surface area contributed by atoms with Crippen LogP contribution in [0.15, 0.2) is 6.07 Å². The molecule has 1 saturated carbocycles. The van der Waals surface area contributed by atoms with E-state index in [-0.39, 0.29) is 11.2 Å². The Bertz CT molecular complexity index is 604. The number of hydrogen-bond donors (Lipinski definition) is 0. The molecule has 116 valence electrons. The number of hydrogen-bond acceptors (Lipinski definition) is 4. The van der Waals surface area contributed by atoms with Gasteiger partial charge in [0.25, 0.3) is 0 Å². The van der Waals surface area contributed by atoms with Crippen molar-refractivity contribution >= 4 is 10.0 Å². The van der Waals surface area contributed by atoms with Crippen LogP contribution < -0.4 is 0 Å². The van der Waals surface area contributed by atoms with Crippen molar-refractivity contribution in [2.75, 3.05) is 13.1 Å². The van der Waals surface area contributed by atoms with Gasteiger partial charge in [0.1, 0.15) is 5.82 Å². The second-order valence-corrected chi connectivity index (χ2v) is 8.52. The van der Waals surface area contributed by atoms with Crippen molar-refractivity contribution < 1.29 is 8.42 Å². The normalized spacial score (nSPS) is 24.8. The zero-order valence-corrected chi connectivity index (χ0v) is 13.6. The fourth-order valence-electron chi connectivity index (χ4n) is 3.50. The first-order valence-corrected chi connectivity index (χ1v) is 9.28. The molecule has 1 aromatic heterocycles. The highest BCUT2D eigenvalue weighted by Gasteiger charge is 2.39. The van der Waals surface area contributed by atoms with E-state index in [0.717, 1.165) is 49.3 Å². The summed E-state index contributed by atoms with van der Waals surface area (Å²) in [5.74, 6) is 0.941.